The number of benzene rings is 1. The number of rotatable bonds is 4. The molecule has 1 N–H and O–H groups in total. The van der Waals surface area contributed by atoms with E-state index in [0.29, 0.717) is 0 Å². The maximum Gasteiger partial charge on any atom is 0.328 e. The summed E-state index contributed by atoms with van der Waals surface area (Å²) >= 11 is 0. The Bertz CT molecular complexity index is 347. The summed E-state index contributed by atoms with van der Waals surface area (Å²) in [5, 5.41) is 8.25. The van der Waals surface area contributed by atoms with Gasteiger partial charge in [-0.15, -0.1) is 0 Å². The van der Waals surface area contributed by atoms with Crippen molar-refractivity contribution in [3.8, 4) is 5.75 Å². The van der Waals surface area contributed by atoms with Crippen LogP contribution < -0.4 is 4.74 Å². The van der Waals surface area contributed by atoms with Crippen LogP contribution in [0, 0.1) is 5.82 Å². The van der Waals surface area contributed by atoms with Crippen LogP contribution >= 0.6 is 0 Å². The maximum atomic E-state index is 12.9. The molecule has 3 nitrogen and oxygen atoms in total. The highest BCUT2D eigenvalue weighted by molar-refractivity contribution is 5.79. The summed E-state index contributed by atoms with van der Waals surface area (Å²) in [6, 6.07) is 5.94. The molecule has 0 unspecified atom stereocenters. The molecule has 0 aliphatic carbocycles. The van der Waals surface area contributed by atoms with Gasteiger partial charge in [0, 0.05) is 6.08 Å². The third-order valence-electron chi connectivity index (χ3n) is 1.43. The Morgan fingerprint density at radius 3 is 2.86 bits per heavy atom. The summed E-state index contributed by atoms with van der Waals surface area (Å²) in [7, 11) is 0. The maximum absolute atomic E-state index is 12.9. The summed E-state index contributed by atoms with van der Waals surface area (Å²) < 4.78 is 17.9. The van der Waals surface area contributed by atoms with Crippen molar-refractivity contribution in [2.24, 2.45) is 0 Å². The van der Waals surface area contributed by atoms with E-state index < -0.39 is 11.8 Å². The average molecular weight is 196 g/mol. The topological polar surface area (TPSA) is 46.5 Å². The summed E-state index contributed by atoms with van der Waals surface area (Å²) in [5.74, 6) is -1.40. The normalized spacial score (nSPS) is 10.4. The van der Waals surface area contributed by atoms with Crippen LogP contribution in [-0.2, 0) is 4.79 Å². The third kappa shape index (κ3) is 3.26. The molecule has 0 aromatic heterocycles. The molecule has 0 spiro atoms. The number of para-hydroxylation sites is 1. The molecule has 14 heavy (non-hydrogen) atoms. The quantitative estimate of drug-likeness (QED) is 0.747. The lowest BCUT2D eigenvalue weighted by Gasteiger charge is -2.02. The van der Waals surface area contributed by atoms with E-state index in [4.69, 9.17) is 9.84 Å². The highest BCUT2D eigenvalue weighted by Crippen LogP contribution is 2.14. The first kappa shape index (κ1) is 10.2. The Labute approximate surface area is 80.4 Å². The van der Waals surface area contributed by atoms with Crippen LogP contribution in [0.15, 0.2) is 36.4 Å². The molecule has 0 atom stereocenters. The van der Waals surface area contributed by atoms with E-state index in [9.17, 15) is 9.18 Å². The monoisotopic (exact) mass is 196 g/mol. The molecule has 0 fully saturated rings. The molecule has 0 saturated carbocycles. The first-order valence-electron chi connectivity index (χ1n) is 3.97. The first-order valence-corrected chi connectivity index (χ1v) is 3.97. The van der Waals surface area contributed by atoms with Crippen molar-refractivity contribution in [1.82, 2.24) is 0 Å². The van der Waals surface area contributed by atoms with Crippen LogP contribution in [0.4, 0.5) is 4.39 Å². The van der Waals surface area contributed by atoms with Crippen LogP contribution in [0.3, 0.4) is 0 Å². The zero-order valence-corrected chi connectivity index (χ0v) is 7.31. The largest absolute Gasteiger partial charge is 0.486 e. The zero-order chi connectivity index (χ0) is 10.4. The highest BCUT2D eigenvalue weighted by atomic mass is 19.1. The van der Waals surface area contributed by atoms with Crippen molar-refractivity contribution >= 4 is 5.97 Å². The van der Waals surface area contributed by atoms with E-state index in [2.05, 4.69) is 0 Å². The van der Waals surface area contributed by atoms with Crippen molar-refractivity contribution in [1.29, 1.82) is 0 Å². The standard InChI is InChI=1S/C10H9FO3/c11-8-4-1-2-5-9(8)14-7-3-6-10(12)13/h1-6H,7H2,(H,12,13)/b6-3+. The predicted octanol–water partition coefficient (Wildman–Crippen LogP) is 1.85. The number of ether oxygens (including phenoxy) is 1. The lowest BCUT2D eigenvalue weighted by molar-refractivity contribution is -0.131. The SMILES string of the molecule is O=C(O)/C=C/COc1ccccc1F. The molecule has 1 aromatic rings. The predicted molar refractivity (Wildman–Crippen MR) is 48.7 cm³/mol. The Kier molecular flexibility index (Phi) is 3.67. The number of aliphatic carboxylic acids is 1. The molecule has 0 radical (unpaired) electrons. The Hall–Kier alpha value is -1.84. The Morgan fingerprint density at radius 2 is 2.21 bits per heavy atom. The van der Waals surface area contributed by atoms with Crippen LogP contribution in [0.25, 0.3) is 0 Å². The minimum Gasteiger partial charge on any atom is -0.486 e. The fraction of sp³-hybridized carbons (Fsp3) is 0.100. The molecule has 0 saturated heterocycles. The van der Waals surface area contributed by atoms with Gasteiger partial charge in [0.05, 0.1) is 0 Å². The molecular weight excluding hydrogens is 187 g/mol. The van der Waals surface area contributed by atoms with Crippen molar-refractivity contribution < 1.29 is 19.0 Å². The third-order valence-corrected chi connectivity index (χ3v) is 1.43. The van der Waals surface area contributed by atoms with E-state index in [0.717, 1.165) is 6.08 Å². The number of carboxylic acid groups (broad SMARTS) is 1. The number of hydrogen-bond acceptors (Lipinski definition) is 2. The average Bonchev–Trinajstić information content (AvgIpc) is 2.15. The lowest BCUT2D eigenvalue weighted by Crippen LogP contribution is -1.97. The van der Waals surface area contributed by atoms with Gasteiger partial charge < -0.3 is 9.84 Å². The summed E-state index contributed by atoms with van der Waals surface area (Å²) in [4.78, 5) is 10.1. The van der Waals surface area contributed by atoms with Crippen LogP contribution in [0.2, 0.25) is 0 Å². The van der Waals surface area contributed by atoms with Gasteiger partial charge in [-0.1, -0.05) is 12.1 Å². The fourth-order valence-electron chi connectivity index (χ4n) is 0.849. The van der Waals surface area contributed by atoms with Crippen molar-refractivity contribution in [2.45, 2.75) is 0 Å². The van der Waals surface area contributed by atoms with Gasteiger partial charge in [0.1, 0.15) is 6.61 Å². The van der Waals surface area contributed by atoms with E-state index in [1.54, 1.807) is 12.1 Å². The number of hydrogen-bond donors (Lipinski definition) is 1. The van der Waals surface area contributed by atoms with Gasteiger partial charge >= 0.3 is 5.97 Å². The molecule has 1 aromatic carbocycles. The molecule has 74 valence electrons. The van der Waals surface area contributed by atoms with Gasteiger partial charge in [-0.3, -0.25) is 0 Å². The van der Waals surface area contributed by atoms with E-state index in [1.807, 2.05) is 0 Å². The molecule has 0 aliphatic rings. The molecular formula is C10H9FO3. The fourth-order valence-corrected chi connectivity index (χ4v) is 0.849. The summed E-state index contributed by atoms with van der Waals surface area (Å²) in [6.45, 7) is 0.0350. The number of halogens is 1. The summed E-state index contributed by atoms with van der Waals surface area (Å²) in [6.07, 6.45) is 2.25. The molecule has 1 rings (SSSR count). The van der Waals surface area contributed by atoms with E-state index in [1.165, 1.54) is 18.2 Å². The lowest BCUT2D eigenvalue weighted by atomic mass is 10.3. The van der Waals surface area contributed by atoms with E-state index >= 15 is 0 Å². The second-order valence-corrected chi connectivity index (χ2v) is 2.48. The minimum absolute atomic E-state index is 0.0350. The van der Waals surface area contributed by atoms with Crippen molar-refractivity contribution in [3.05, 3.63) is 42.2 Å². The second-order valence-electron chi connectivity index (χ2n) is 2.48. The molecule has 4 heteroatoms. The first-order chi connectivity index (χ1) is 6.70. The summed E-state index contributed by atoms with van der Waals surface area (Å²) in [5.41, 5.74) is 0. The minimum atomic E-state index is -1.05. The van der Waals surface area contributed by atoms with Crippen LogP contribution in [0.1, 0.15) is 0 Å². The van der Waals surface area contributed by atoms with Gasteiger partial charge in [0.25, 0.3) is 0 Å². The highest BCUT2D eigenvalue weighted by Gasteiger charge is 1.98. The van der Waals surface area contributed by atoms with Gasteiger partial charge in [-0.05, 0) is 18.2 Å². The Balaban J connectivity index is 2.46. The molecule has 0 amide bonds. The van der Waals surface area contributed by atoms with Crippen molar-refractivity contribution in [2.75, 3.05) is 6.61 Å². The van der Waals surface area contributed by atoms with Gasteiger partial charge in [0.15, 0.2) is 11.6 Å². The van der Waals surface area contributed by atoms with Crippen LogP contribution in [-0.4, -0.2) is 17.7 Å². The Morgan fingerprint density at radius 1 is 1.50 bits per heavy atom. The van der Waals surface area contributed by atoms with E-state index in [-0.39, 0.29) is 12.4 Å². The van der Waals surface area contributed by atoms with Gasteiger partial charge in [0.2, 0.25) is 0 Å². The number of carboxylic acids is 1. The molecule has 0 heterocycles. The number of carbonyl (C=O) groups is 1. The van der Waals surface area contributed by atoms with Crippen molar-refractivity contribution in [3.63, 3.8) is 0 Å². The van der Waals surface area contributed by atoms with Gasteiger partial charge in [-0.2, -0.15) is 0 Å². The smallest absolute Gasteiger partial charge is 0.328 e. The molecule has 0 bridgehead atoms. The molecule has 0 aliphatic heterocycles. The second kappa shape index (κ2) is 5.01. The van der Waals surface area contributed by atoms with Gasteiger partial charge in [-0.25, -0.2) is 9.18 Å². The van der Waals surface area contributed by atoms with Crippen LogP contribution in [0.5, 0.6) is 5.75 Å². The zero-order valence-electron chi connectivity index (χ0n) is 7.31.